The van der Waals surface area contributed by atoms with Gasteiger partial charge >= 0.3 is 0 Å². The second kappa shape index (κ2) is 8.93. The van der Waals surface area contributed by atoms with Crippen LogP contribution in [0.15, 0.2) is 48.5 Å². The Morgan fingerprint density at radius 1 is 0.920 bits per heavy atom. The van der Waals surface area contributed by atoms with Crippen LogP contribution in [0.1, 0.15) is 0 Å². The van der Waals surface area contributed by atoms with Crippen molar-refractivity contribution < 1.29 is 22.9 Å². The van der Waals surface area contributed by atoms with E-state index in [0.717, 1.165) is 0 Å². The third-order valence-corrected chi connectivity index (χ3v) is 4.25. The highest BCUT2D eigenvalue weighted by Gasteiger charge is 2.13. The van der Waals surface area contributed by atoms with Crippen molar-refractivity contribution in [1.82, 2.24) is 0 Å². The second-order valence-corrected chi connectivity index (χ2v) is 6.52. The Hall–Kier alpha value is -2.74. The molecule has 0 spiro atoms. The highest BCUT2D eigenvalue weighted by atomic mass is 32.2. The Balaban J connectivity index is 1.79. The van der Waals surface area contributed by atoms with E-state index < -0.39 is 28.4 Å². The number of rotatable bonds is 7. The average molecular weight is 364 g/mol. The highest BCUT2D eigenvalue weighted by Crippen LogP contribution is 2.15. The Labute approximate surface area is 146 Å². The lowest BCUT2D eigenvalue weighted by atomic mass is 10.3. The number of benzene rings is 2. The summed E-state index contributed by atoms with van der Waals surface area (Å²) in [4.78, 5) is 23.6. The van der Waals surface area contributed by atoms with Crippen LogP contribution in [-0.2, 0) is 20.4 Å². The molecule has 0 heterocycles. The van der Waals surface area contributed by atoms with E-state index in [-0.39, 0.29) is 11.5 Å². The lowest BCUT2D eigenvalue weighted by Gasteiger charge is -2.07. The summed E-state index contributed by atoms with van der Waals surface area (Å²) in [7, 11) is -0.125. The summed E-state index contributed by atoms with van der Waals surface area (Å²) < 4.78 is 29.7. The fraction of sp³-hybridized carbons (Fsp3) is 0.176. The number of amides is 2. The van der Waals surface area contributed by atoms with E-state index in [2.05, 4.69) is 10.6 Å². The minimum absolute atomic E-state index is 0.303. The molecule has 0 aliphatic heterocycles. The van der Waals surface area contributed by atoms with Crippen molar-refractivity contribution in [2.24, 2.45) is 0 Å². The molecular formula is C17H17FN2O4S. The number of nitrogens with one attached hydrogen (secondary N) is 2. The third kappa shape index (κ3) is 6.34. The van der Waals surface area contributed by atoms with Gasteiger partial charge in [0.1, 0.15) is 23.1 Å². The van der Waals surface area contributed by atoms with Gasteiger partial charge in [-0.3, -0.25) is 13.8 Å². The summed E-state index contributed by atoms with van der Waals surface area (Å²) >= 11 is 0. The molecule has 1 unspecified atom stereocenters. The van der Waals surface area contributed by atoms with Crippen LogP contribution < -0.4 is 15.4 Å². The highest BCUT2D eigenvalue weighted by molar-refractivity contribution is 7.86. The van der Waals surface area contributed by atoms with Crippen molar-refractivity contribution in [3.63, 3.8) is 0 Å². The molecule has 2 amide bonds. The minimum atomic E-state index is -1.66. The number of carbonyl (C=O) groups excluding carboxylic acids is 2. The van der Waals surface area contributed by atoms with Gasteiger partial charge in [-0.2, -0.15) is 0 Å². The lowest BCUT2D eigenvalue weighted by molar-refractivity contribution is -0.114. The first-order valence-corrected chi connectivity index (χ1v) is 8.79. The first-order chi connectivity index (χ1) is 12.0. The molecule has 2 aromatic rings. The fourth-order valence-corrected chi connectivity index (χ4v) is 2.78. The maximum Gasteiger partial charge on any atom is 0.237 e. The van der Waals surface area contributed by atoms with E-state index in [4.69, 9.17) is 4.74 Å². The van der Waals surface area contributed by atoms with Gasteiger partial charge in [0.05, 0.1) is 7.11 Å². The molecule has 0 fully saturated rings. The van der Waals surface area contributed by atoms with Crippen LogP contribution in [0.2, 0.25) is 0 Å². The molecule has 0 aliphatic rings. The Kier molecular flexibility index (Phi) is 6.64. The van der Waals surface area contributed by atoms with Crippen LogP contribution >= 0.6 is 0 Å². The first-order valence-electron chi connectivity index (χ1n) is 7.30. The van der Waals surface area contributed by atoms with Crippen molar-refractivity contribution in [1.29, 1.82) is 0 Å². The van der Waals surface area contributed by atoms with Gasteiger partial charge in [0.15, 0.2) is 0 Å². The molecule has 25 heavy (non-hydrogen) atoms. The molecule has 132 valence electrons. The zero-order chi connectivity index (χ0) is 18.2. The zero-order valence-corrected chi connectivity index (χ0v) is 14.3. The lowest BCUT2D eigenvalue weighted by Crippen LogP contribution is -2.26. The largest absolute Gasteiger partial charge is 0.497 e. The number of halogens is 1. The SMILES string of the molecule is COc1ccc(NC(=O)CS(=O)CC(=O)Nc2ccc(F)cc2)cc1. The van der Waals surface area contributed by atoms with Gasteiger partial charge in [0.2, 0.25) is 11.8 Å². The summed E-state index contributed by atoms with van der Waals surface area (Å²) in [6.45, 7) is 0. The molecule has 0 saturated carbocycles. The van der Waals surface area contributed by atoms with Gasteiger partial charge < -0.3 is 15.4 Å². The molecule has 0 bridgehead atoms. The normalized spacial score (nSPS) is 11.4. The predicted molar refractivity (Wildman–Crippen MR) is 94.5 cm³/mol. The van der Waals surface area contributed by atoms with Crippen molar-refractivity contribution in [2.75, 3.05) is 29.2 Å². The van der Waals surface area contributed by atoms with Crippen LogP contribution in [-0.4, -0.2) is 34.6 Å². The number of ether oxygens (including phenoxy) is 1. The number of methoxy groups -OCH3 is 1. The molecule has 1 atom stereocenters. The van der Waals surface area contributed by atoms with Gasteiger partial charge in [-0.05, 0) is 48.5 Å². The van der Waals surface area contributed by atoms with E-state index in [1.807, 2.05) is 0 Å². The van der Waals surface area contributed by atoms with E-state index >= 15 is 0 Å². The molecule has 6 nitrogen and oxygen atoms in total. The van der Waals surface area contributed by atoms with Crippen LogP contribution in [0, 0.1) is 5.82 Å². The summed E-state index contributed by atoms with van der Waals surface area (Å²) in [5.41, 5.74) is 0.935. The quantitative estimate of drug-likeness (QED) is 0.789. The molecule has 2 rings (SSSR count). The topological polar surface area (TPSA) is 84.5 Å². The van der Waals surface area contributed by atoms with E-state index in [9.17, 15) is 18.2 Å². The molecular weight excluding hydrogens is 347 g/mol. The van der Waals surface area contributed by atoms with Crippen molar-refractivity contribution in [3.8, 4) is 5.75 Å². The zero-order valence-electron chi connectivity index (χ0n) is 13.5. The maximum absolute atomic E-state index is 12.8. The van der Waals surface area contributed by atoms with Gasteiger partial charge in [-0.1, -0.05) is 0 Å². The Morgan fingerprint density at radius 3 is 1.80 bits per heavy atom. The number of carbonyl (C=O) groups is 2. The maximum atomic E-state index is 12.8. The van der Waals surface area contributed by atoms with Gasteiger partial charge in [0.25, 0.3) is 0 Å². The van der Waals surface area contributed by atoms with Crippen LogP contribution in [0.3, 0.4) is 0 Å². The smallest absolute Gasteiger partial charge is 0.237 e. The summed E-state index contributed by atoms with van der Waals surface area (Å²) in [6.07, 6.45) is 0. The fourth-order valence-electron chi connectivity index (χ4n) is 1.95. The monoisotopic (exact) mass is 364 g/mol. The standard InChI is InChI=1S/C17H17FN2O4S/c1-24-15-8-6-14(7-9-15)20-17(22)11-25(23)10-16(21)19-13-4-2-12(18)3-5-13/h2-9H,10-11H2,1H3,(H,19,21)(H,20,22). The summed E-state index contributed by atoms with van der Waals surface area (Å²) in [5, 5.41) is 5.08. The minimum Gasteiger partial charge on any atom is -0.497 e. The molecule has 0 radical (unpaired) electrons. The third-order valence-electron chi connectivity index (χ3n) is 3.09. The molecule has 0 aromatic heterocycles. The van der Waals surface area contributed by atoms with Crippen LogP contribution in [0.25, 0.3) is 0 Å². The molecule has 0 aliphatic carbocycles. The second-order valence-electron chi connectivity index (χ2n) is 5.06. The van der Waals surface area contributed by atoms with Crippen molar-refractivity contribution in [3.05, 3.63) is 54.3 Å². The number of anilines is 2. The predicted octanol–water partition coefficient (Wildman–Crippen LogP) is 2.16. The van der Waals surface area contributed by atoms with E-state index in [1.54, 1.807) is 24.3 Å². The molecule has 8 heteroatoms. The number of hydrogen-bond acceptors (Lipinski definition) is 4. The summed E-state index contributed by atoms with van der Waals surface area (Å²) in [6, 6.07) is 11.9. The average Bonchev–Trinajstić information content (AvgIpc) is 2.57. The Morgan fingerprint density at radius 2 is 1.36 bits per heavy atom. The summed E-state index contributed by atoms with van der Waals surface area (Å²) in [5.74, 6) is -1.37. The first kappa shape index (κ1) is 18.6. The molecule has 0 saturated heterocycles. The van der Waals surface area contributed by atoms with E-state index in [1.165, 1.54) is 31.4 Å². The van der Waals surface area contributed by atoms with Gasteiger partial charge in [-0.15, -0.1) is 0 Å². The molecule has 2 N–H and O–H groups in total. The van der Waals surface area contributed by atoms with Gasteiger partial charge in [-0.25, -0.2) is 4.39 Å². The van der Waals surface area contributed by atoms with Crippen LogP contribution in [0.5, 0.6) is 5.75 Å². The van der Waals surface area contributed by atoms with E-state index in [0.29, 0.717) is 17.1 Å². The Bertz CT molecular complexity index is 763. The number of hydrogen-bond donors (Lipinski definition) is 2. The van der Waals surface area contributed by atoms with Gasteiger partial charge in [0, 0.05) is 22.2 Å². The van der Waals surface area contributed by atoms with Crippen molar-refractivity contribution >= 4 is 34.0 Å². The van der Waals surface area contributed by atoms with Crippen LogP contribution in [0.4, 0.5) is 15.8 Å². The van der Waals surface area contributed by atoms with Crippen molar-refractivity contribution in [2.45, 2.75) is 0 Å². The molecule has 2 aromatic carbocycles.